The van der Waals surface area contributed by atoms with E-state index in [0.717, 1.165) is 16.9 Å². The van der Waals surface area contributed by atoms with Crippen molar-refractivity contribution >= 4 is 27.5 Å². The number of piperazine rings is 1. The highest BCUT2D eigenvalue weighted by atomic mass is 32.1. The molecule has 0 spiro atoms. The van der Waals surface area contributed by atoms with E-state index in [-0.39, 0.29) is 22.0 Å². The van der Waals surface area contributed by atoms with Gasteiger partial charge in [-0.1, -0.05) is 12.1 Å². The molecule has 4 rings (SSSR count). The molecule has 29 heavy (non-hydrogen) atoms. The van der Waals surface area contributed by atoms with Gasteiger partial charge in [0.15, 0.2) is 5.69 Å². The molecule has 154 valence electrons. The van der Waals surface area contributed by atoms with Crippen LogP contribution in [0.1, 0.15) is 20.9 Å². The molecule has 3 aromatic rings. The summed E-state index contributed by atoms with van der Waals surface area (Å²) in [6.07, 6.45) is -4.56. The number of aromatic nitrogens is 2. The summed E-state index contributed by atoms with van der Waals surface area (Å²) in [5, 5.41) is 3.50. The van der Waals surface area contributed by atoms with E-state index in [1.165, 1.54) is 29.9 Å². The molecule has 0 radical (unpaired) electrons. The molecule has 0 atom stereocenters. The summed E-state index contributed by atoms with van der Waals surface area (Å²) in [5.41, 5.74) is 0.0253. The zero-order valence-corrected chi connectivity index (χ0v) is 16.4. The van der Waals surface area contributed by atoms with E-state index >= 15 is 0 Å². The number of nitrogens with zero attached hydrogens (tertiary/aromatic N) is 4. The van der Waals surface area contributed by atoms with Crippen molar-refractivity contribution in [3.05, 3.63) is 52.3 Å². The Morgan fingerprint density at radius 1 is 1.14 bits per heavy atom. The SMILES string of the molecule is Cn1nc(C(F)(F)F)c2cc(C(=O)N3CCN(Cc4ccc(F)cc4)CC3)sc21. The quantitative estimate of drug-likeness (QED) is 0.599. The number of benzene rings is 1. The molecule has 0 saturated carbocycles. The Morgan fingerprint density at radius 3 is 2.41 bits per heavy atom. The molecule has 1 aromatic carbocycles. The van der Waals surface area contributed by atoms with Crippen molar-refractivity contribution in [1.29, 1.82) is 0 Å². The van der Waals surface area contributed by atoms with Crippen molar-refractivity contribution in [2.45, 2.75) is 12.7 Å². The summed E-state index contributed by atoms with van der Waals surface area (Å²) in [6, 6.07) is 7.59. The number of hydrogen-bond donors (Lipinski definition) is 0. The number of hydrogen-bond acceptors (Lipinski definition) is 4. The maximum atomic E-state index is 13.1. The smallest absolute Gasteiger partial charge is 0.335 e. The number of amides is 1. The largest absolute Gasteiger partial charge is 0.435 e. The molecule has 0 aliphatic carbocycles. The van der Waals surface area contributed by atoms with Gasteiger partial charge in [-0.15, -0.1) is 11.3 Å². The van der Waals surface area contributed by atoms with E-state index in [9.17, 15) is 22.4 Å². The lowest BCUT2D eigenvalue weighted by Crippen LogP contribution is -2.48. The number of rotatable bonds is 3. The van der Waals surface area contributed by atoms with Crippen LogP contribution in [0.3, 0.4) is 0 Å². The lowest BCUT2D eigenvalue weighted by molar-refractivity contribution is -0.140. The fourth-order valence-electron chi connectivity index (χ4n) is 3.47. The molecule has 10 heteroatoms. The first kappa shape index (κ1) is 19.8. The van der Waals surface area contributed by atoms with Gasteiger partial charge in [-0.3, -0.25) is 14.4 Å². The van der Waals surface area contributed by atoms with Crippen LogP contribution in [-0.2, 0) is 19.8 Å². The Morgan fingerprint density at radius 2 is 1.79 bits per heavy atom. The van der Waals surface area contributed by atoms with E-state index in [2.05, 4.69) is 10.00 Å². The van der Waals surface area contributed by atoms with Crippen molar-refractivity contribution in [3.8, 4) is 0 Å². The third-order valence-corrected chi connectivity index (χ3v) is 6.16. The van der Waals surface area contributed by atoms with Crippen LogP contribution in [-0.4, -0.2) is 51.7 Å². The fraction of sp³-hybridized carbons (Fsp3) is 0.368. The van der Waals surface area contributed by atoms with E-state index in [4.69, 9.17) is 0 Å². The van der Waals surface area contributed by atoms with Gasteiger partial charge in [-0.2, -0.15) is 18.3 Å². The number of carbonyl (C=O) groups is 1. The molecular weight excluding hydrogens is 408 g/mol. The van der Waals surface area contributed by atoms with Crippen LogP contribution in [0.5, 0.6) is 0 Å². The van der Waals surface area contributed by atoms with Gasteiger partial charge >= 0.3 is 6.18 Å². The molecule has 1 aliphatic heterocycles. The molecule has 0 bridgehead atoms. The second-order valence-corrected chi connectivity index (χ2v) is 8.02. The van der Waals surface area contributed by atoms with Gasteiger partial charge in [0, 0.05) is 45.2 Å². The molecule has 3 heterocycles. The number of carbonyl (C=O) groups excluding carboxylic acids is 1. The van der Waals surface area contributed by atoms with Crippen molar-refractivity contribution in [1.82, 2.24) is 19.6 Å². The predicted octanol–water partition coefficient (Wildman–Crippen LogP) is 3.75. The Hall–Kier alpha value is -2.46. The second kappa shape index (κ2) is 7.42. The molecule has 0 unspecified atom stereocenters. The first-order valence-corrected chi connectivity index (χ1v) is 9.84. The molecule has 5 nitrogen and oxygen atoms in total. The minimum absolute atomic E-state index is 0.0386. The minimum atomic E-state index is -4.56. The summed E-state index contributed by atoms with van der Waals surface area (Å²) in [7, 11) is 1.44. The molecule has 1 fully saturated rings. The number of halogens is 4. The highest BCUT2D eigenvalue weighted by molar-refractivity contribution is 7.20. The monoisotopic (exact) mass is 426 g/mol. The van der Waals surface area contributed by atoms with E-state index in [1.807, 2.05) is 0 Å². The highest BCUT2D eigenvalue weighted by Gasteiger charge is 2.38. The molecule has 1 saturated heterocycles. The van der Waals surface area contributed by atoms with Gasteiger partial charge in [0.2, 0.25) is 0 Å². The highest BCUT2D eigenvalue weighted by Crippen LogP contribution is 2.37. The standard InChI is InChI=1S/C19H18F4N4OS/c1-25-18-14(16(24-25)19(21,22)23)10-15(29-18)17(28)27-8-6-26(7-9-27)11-12-2-4-13(20)5-3-12/h2-5,10H,6-9,11H2,1H3. The van der Waals surface area contributed by atoms with E-state index in [0.29, 0.717) is 37.6 Å². The Kier molecular flexibility index (Phi) is 5.07. The number of fused-ring (bicyclic) bond motifs is 1. The number of alkyl halides is 3. The lowest BCUT2D eigenvalue weighted by Gasteiger charge is -2.34. The summed E-state index contributed by atoms with van der Waals surface area (Å²) in [6.45, 7) is 2.91. The van der Waals surface area contributed by atoms with Gasteiger partial charge < -0.3 is 4.90 Å². The van der Waals surface area contributed by atoms with Crippen LogP contribution in [0.4, 0.5) is 17.6 Å². The Labute approximate surface area is 168 Å². The van der Waals surface area contributed by atoms with Crippen LogP contribution in [0, 0.1) is 5.82 Å². The van der Waals surface area contributed by atoms with Crippen molar-refractivity contribution in [2.75, 3.05) is 26.2 Å². The topological polar surface area (TPSA) is 41.4 Å². The second-order valence-electron chi connectivity index (χ2n) is 6.99. The van der Waals surface area contributed by atoms with Gasteiger partial charge in [0.05, 0.1) is 4.88 Å². The number of aryl methyl sites for hydroxylation is 1. The summed E-state index contributed by atoms with van der Waals surface area (Å²) in [5.74, 6) is -0.544. The maximum Gasteiger partial charge on any atom is 0.435 e. The normalized spacial score (nSPS) is 16.0. The van der Waals surface area contributed by atoms with Gasteiger partial charge in [0.1, 0.15) is 10.6 Å². The summed E-state index contributed by atoms with van der Waals surface area (Å²) < 4.78 is 53.6. The molecule has 2 aromatic heterocycles. The van der Waals surface area contributed by atoms with Crippen molar-refractivity contribution in [2.24, 2.45) is 7.05 Å². The van der Waals surface area contributed by atoms with Crippen molar-refractivity contribution < 1.29 is 22.4 Å². The zero-order valence-electron chi connectivity index (χ0n) is 15.5. The average molecular weight is 426 g/mol. The lowest BCUT2D eigenvalue weighted by atomic mass is 10.2. The van der Waals surface area contributed by atoms with Gasteiger partial charge in [0.25, 0.3) is 5.91 Å². The molecule has 0 N–H and O–H groups in total. The minimum Gasteiger partial charge on any atom is -0.335 e. The molecule has 1 amide bonds. The van der Waals surface area contributed by atoms with Crippen LogP contribution < -0.4 is 0 Å². The van der Waals surface area contributed by atoms with Crippen LogP contribution in [0.25, 0.3) is 10.2 Å². The van der Waals surface area contributed by atoms with Crippen LogP contribution >= 0.6 is 11.3 Å². The first-order chi connectivity index (χ1) is 13.7. The first-order valence-electron chi connectivity index (χ1n) is 9.02. The fourth-order valence-corrected chi connectivity index (χ4v) is 4.51. The third kappa shape index (κ3) is 3.99. The molecular formula is C19H18F4N4OS. The van der Waals surface area contributed by atoms with Crippen LogP contribution in [0.2, 0.25) is 0 Å². The Bertz CT molecular complexity index is 1030. The number of thiophene rings is 1. The summed E-state index contributed by atoms with van der Waals surface area (Å²) >= 11 is 1.03. The van der Waals surface area contributed by atoms with Gasteiger partial charge in [-0.25, -0.2) is 4.39 Å². The van der Waals surface area contributed by atoms with E-state index in [1.54, 1.807) is 17.0 Å². The zero-order chi connectivity index (χ0) is 20.8. The van der Waals surface area contributed by atoms with E-state index < -0.39 is 11.9 Å². The van der Waals surface area contributed by atoms with Gasteiger partial charge in [-0.05, 0) is 23.8 Å². The maximum absolute atomic E-state index is 13.1. The Balaban J connectivity index is 1.44. The summed E-state index contributed by atoms with van der Waals surface area (Å²) in [4.78, 5) is 17.2. The van der Waals surface area contributed by atoms with Crippen LogP contribution in [0.15, 0.2) is 30.3 Å². The predicted molar refractivity (Wildman–Crippen MR) is 101 cm³/mol. The third-order valence-electron chi connectivity index (χ3n) is 4.97. The molecule has 1 aliphatic rings. The van der Waals surface area contributed by atoms with Crippen molar-refractivity contribution in [3.63, 3.8) is 0 Å². The average Bonchev–Trinajstić information content (AvgIpc) is 3.24.